The Hall–Kier alpha value is -2.56. The summed E-state index contributed by atoms with van der Waals surface area (Å²) in [4.78, 5) is 7.39. The lowest BCUT2D eigenvalue weighted by molar-refractivity contribution is 0.782. The van der Waals surface area contributed by atoms with Crippen molar-refractivity contribution in [2.75, 3.05) is 5.73 Å². The van der Waals surface area contributed by atoms with Gasteiger partial charge in [0.1, 0.15) is 11.6 Å². The summed E-state index contributed by atoms with van der Waals surface area (Å²) in [5.41, 5.74) is 8.70. The van der Waals surface area contributed by atoms with Gasteiger partial charge in [-0.3, -0.25) is 4.68 Å². The summed E-state index contributed by atoms with van der Waals surface area (Å²) in [5.74, 6) is 1.47. The quantitative estimate of drug-likeness (QED) is 0.719. The molecule has 90 valence electrons. The summed E-state index contributed by atoms with van der Waals surface area (Å²) in [7, 11) is 1.83. The van der Waals surface area contributed by atoms with Gasteiger partial charge in [0.25, 0.3) is 0 Å². The van der Waals surface area contributed by atoms with Gasteiger partial charge >= 0.3 is 0 Å². The van der Waals surface area contributed by atoms with Crippen molar-refractivity contribution in [1.29, 1.82) is 0 Å². The molecule has 3 aromatic rings. The van der Waals surface area contributed by atoms with Crippen molar-refractivity contribution in [3.05, 3.63) is 42.7 Å². The molecule has 0 unspecified atom stereocenters. The van der Waals surface area contributed by atoms with E-state index in [1.165, 1.54) is 0 Å². The number of rotatable bonds is 2. The molecule has 0 spiro atoms. The zero-order chi connectivity index (χ0) is 12.5. The van der Waals surface area contributed by atoms with Crippen LogP contribution in [0, 0.1) is 0 Å². The molecule has 0 aliphatic heterocycles. The number of benzene rings is 1. The molecule has 5 heteroatoms. The Kier molecular flexibility index (Phi) is 2.37. The zero-order valence-electron chi connectivity index (χ0n) is 9.96. The predicted molar refractivity (Wildman–Crippen MR) is 70.6 cm³/mol. The number of nitrogens with two attached hydrogens (primary N) is 1. The molecule has 5 nitrogen and oxygen atoms in total. The second-order valence-electron chi connectivity index (χ2n) is 4.06. The maximum atomic E-state index is 5.82. The van der Waals surface area contributed by atoms with Gasteiger partial charge in [-0.05, 0) is 0 Å². The summed E-state index contributed by atoms with van der Waals surface area (Å²) < 4.78 is 1.66. The number of hydrogen-bond acceptors (Lipinski definition) is 3. The van der Waals surface area contributed by atoms with Crippen LogP contribution in [-0.2, 0) is 7.05 Å². The predicted octanol–water partition coefficient (Wildman–Crippen LogP) is 2.06. The fourth-order valence-electron chi connectivity index (χ4n) is 1.94. The molecular formula is C13H13N5. The Morgan fingerprint density at radius 1 is 1.22 bits per heavy atom. The largest absolute Gasteiger partial charge is 0.384 e. The molecule has 0 bridgehead atoms. The highest BCUT2D eigenvalue weighted by Gasteiger charge is 2.11. The molecule has 1 aromatic carbocycles. The number of aryl methyl sites for hydroxylation is 1. The highest BCUT2D eigenvalue weighted by Crippen LogP contribution is 2.29. The van der Waals surface area contributed by atoms with E-state index in [0.29, 0.717) is 5.82 Å². The summed E-state index contributed by atoms with van der Waals surface area (Å²) in [5, 5.41) is 4.40. The van der Waals surface area contributed by atoms with Crippen LogP contribution < -0.4 is 5.73 Å². The Morgan fingerprint density at radius 2 is 2.00 bits per heavy atom. The number of nitrogen functional groups attached to an aromatic ring is 1. The number of anilines is 1. The number of nitrogens with one attached hydrogen (secondary N) is 1. The van der Waals surface area contributed by atoms with Crippen LogP contribution in [-0.4, -0.2) is 19.7 Å². The van der Waals surface area contributed by atoms with Gasteiger partial charge in [-0.1, -0.05) is 24.3 Å². The van der Waals surface area contributed by atoms with Crippen molar-refractivity contribution in [3.8, 4) is 22.6 Å². The van der Waals surface area contributed by atoms with Crippen LogP contribution in [0.25, 0.3) is 22.6 Å². The standard InChI is InChI=1S/C13H13N5/c1-18-12(14)8-11(17-18)9-4-2-3-5-10(9)13-15-6-7-16-13/h2-8H,14H2,1H3,(H,15,16). The van der Waals surface area contributed by atoms with E-state index in [1.807, 2.05) is 37.4 Å². The van der Waals surface area contributed by atoms with Gasteiger partial charge in [-0.15, -0.1) is 0 Å². The zero-order valence-corrected chi connectivity index (χ0v) is 9.96. The van der Waals surface area contributed by atoms with Crippen molar-refractivity contribution in [2.45, 2.75) is 0 Å². The van der Waals surface area contributed by atoms with Gasteiger partial charge < -0.3 is 10.7 Å². The minimum atomic E-state index is 0.638. The average Bonchev–Trinajstić information content (AvgIpc) is 3.01. The van der Waals surface area contributed by atoms with Crippen molar-refractivity contribution in [2.24, 2.45) is 7.05 Å². The van der Waals surface area contributed by atoms with Gasteiger partial charge in [-0.25, -0.2) is 4.98 Å². The molecule has 0 saturated heterocycles. The maximum absolute atomic E-state index is 5.82. The van der Waals surface area contributed by atoms with E-state index in [2.05, 4.69) is 15.1 Å². The molecule has 0 atom stereocenters. The molecule has 0 aliphatic carbocycles. The topological polar surface area (TPSA) is 72.5 Å². The maximum Gasteiger partial charge on any atom is 0.137 e. The number of nitrogens with zero attached hydrogens (tertiary/aromatic N) is 3. The first-order valence-corrected chi connectivity index (χ1v) is 5.64. The number of aromatic amines is 1. The summed E-state index contributed by atoms with van der Waals surface area (Å²) in [6, 6.07) is 9.85. The monoisotopic (exact) mass is 239 g/mol. The molecule has 0 aliphatic rings. The first-order chi connectivity index (χ1) is 8.75. The van der Waals surface area contributed by atoms with Crippen LogP contribution in [0.5, 0.6) is 0 Å². The third-order valence-corrected chi connectivity index (χ3v) is 2.87. The molecule has 0 amide bonds. The minimum Gasteiger partial charge on any atom is -0.384 e. The van der Waals surface area contributed by atoms with Gasteiger partial charge in [0.05, 0.1) is 5.69 Å². The van der Waals surface area contributed by atoms with Crippen molar-refractivity contribution in [3.63, 3.8) is 0 Å². The van der Waals surface area contributed by atoms with E-state index in [0.717, 1.165) is 22.6 Å². The van der Waals surface area contributed by atoms with E-state index in [1.54, 1.807) is 17.1 Å². The summed E-state index contributed by atoms with van der Waals surface area (Å²) in [6.07, 6.45) is 3.54. The molecule has 2 aromatic heterocycles. The molecule has 0 fully saturated rings. The first-order valence-electron chi connectivity index (χ1n) is 5.64. The van der Waals surface area contributed by atoms with Crippen LogP contribution in [0.2, 0.25) is 0 Å². The van der Waals surface area contributed by atoms with Gasteiger partial charge in [0, 0.05) is 36.6 Å². The third-order valence-electron chi connectivity index (χ3n) is 2.87. The lowest BCUT2D eigenvalue weighted by Gasteiger charge is -2.04. The van der Waals surface area contributed by atoms with Gasteiger partial charge in [0.15, 0.2) is 0 Å². The Balaban J connectivity index is 2.18. The molecule has 18 heavy (non-hydrogen) atoms. The van der Waals surface area contributed by atoms with E-state index in [-0.39, 0.29) is 0 Å². The lowest BCUT2D eigenvalue weighted by Crippen LogP contribution is -1.96. The van der Waals surface area contributed by atoms with Gasteiger partial charge in [0.2, 0.25) is 0 Å². The number of aromatic nitrogens is 4. The van der Waals surface area contributed by atoms with Crippen LogP contribution in [0.15, 0.2) is 42.7 Å². The van der Waals surface area contributed by atoms with E-state index >= 15 is 0 Å². The molecule has 0 saturated carbocycles. The second-order valence-corrected chi connectivity index (χ2v) is 4.06. The van der Waals surface area contributed by atoms with Crippen molar-refractivity contribution < 1.29 is 0 Å². The third kappa shape index (κ3) is 1.66. The second kappa shape index (κ2) is 4.03. The van der Waals surface area contributed by atoms with Crippen LogP contribution in [0.3, 0.4) is 0 Å². The van der Waals surface area contributed by atoms with E-state index in [4.69, 9.17) is 5.73 Å². The SMILES string of the molecule is Cn1nc(-c2ccccc2-c2ncc[nH]2)cc1N. The summed E-state index contributed by atoms with van der Waals surface area (Å²) >= 11 is 0. The fourth-order valence-corrected chi connectivity index (χ4v) is 1.94. The highest BCUT2D eigenvalue weighted by atomic mass is 15.3. The lowest BCUT2D eigenvalue weighted by atomic mass is 10.0. The highest BCUT2D eigenvalue weighted by molar-refractivity contribution is 5.79. The Bertz CT molecular complexity index is 647. The minimum absolute atomic E-state index is 0.638. The number of H-pyrrole nitrogens is 1. The van der Waals surface area contributed by atoms with Crippen molar-refractivity contribution in [1.82, 2.24) is 19.7 Å². The average molecular weight is 239 g/mol. The molecule has 0 radical (unpaired) electrons. The van der Waals surface area contributed by atoms with Crippen LogP contribution >= 0.6 is 0 Å². The van der Waals surface area contributed by atoms with Crippen LogP contribution in [0.1, 0.15) is 0 Å². The summed E-state index contributed by atoms with van der Waals surface area (Å²) in [6.45, 7) is 0. The first kappa shape index (κ1) is 10.6. The number of hydrogen-bond donors (Lipinski definition) is 2. The molecule has 2 heterocycles. The Labute approximate surface area is 104 Å². The van der Waals surface area contributed by atoms with Crippen LogP contribution in [0.4, 0.5) is 5.82 Å². The Morgan fingerprint density at radius 3 is 2.61 bits per heavy atom. The van der Waals surface area contributed by atoms with Gasteiger partial charge in [-0.2, -0.15) is 5.10 Å². The smallest absolute Gasteiger partial charge is 0.137 e. The van der Waals surface area contributed by atoms with Crippen molar-refractivity contribution >= 4 is 5.82 Å². The van der Waals surface area contributed by atoms with E-state index in [9.17, 15) is 0 Å². The normalized spacial score (nSPS) is 10.7. The van der Waals surface area contributed by atoms with E-state index < -0.39 is 0 Å². The number of imidazole rings is 1. The molecular weight excluding hydrogens is 226 g/mol. The molecule has 3 rings (SSSR count). The fraction of sp³-hybridized carbons (Fsp3) is 0.0769. The molecule has 3 N–H and O–H groups in total.